The van der Waals surface area contributed by atoms with Crippen LogP contribution in [0.3, 0.4) is 0 Å². The fourth-order valence-electron chi connectivity index (χ4n) is 5.42. The van der Waals surface area contributed by atoms with Crippen LogP contribution in [0.4, 0.5) is 5.69 Å². The smallest absolute Gasteiger partial charge is 0.276 e. The molecule has 2 aromatic heterocycles. The Morgan fingerprint density at radius 2 is 1.76 bits per heavy atom. The van der Waals surface area contributed by atoms with E-state index < -0.39 is 5.54 Å². The molecule has 2 aliphatic rings. The summed E-state index contributed by atoms with van der Waals surface area (Å²) in [5, 5.41) is 3.34. The molecular weight excluding hydrogens is 414 g/mol. The van der Waals surface area contributed by atoms with E-state index in [4.69, 9.17) is 4.42 Å². The molecule has 2 amide bonds. The minimum atomic E-state index is -1.06. The lowest BCUT2D eigenvalue weighted by Gasteiger charge is -2.44. The Morgan fingerprint density at radius 3 is 2.48 bits per heavy atom. The van der Waals surface area contributed by atoms with E-state index in [-0.39, 0.29) is 17.9 Å². The van der Waals surface area contributed by atoms with Crippen LogP contribution in [0.15, 0.2) is 41.0 Å². The quantitative estimate of drug-likeness (QED) is 0.576. The van der Waals surface area contributed by atoms with Crippen molar-refractivity contribution in [3.63, 3.8) is 0 Å². The Balaban J connectivity index is 1.56. The second-order valence-corrected chi connectivity index (χ2v) is 9.98. The number of carbonyl (C=O) groups excluding carboxylic acids is 2. The van der Waals surface area contributed by atoms with Crippen molar-refractivity contribution in [3.8, 4) is 0 Å². The molecule has 1 aliphatic carbocycles. The lowest BCUT2D eigenvalue weighted by Crippen LogP contribution is -2.65. The van der Waals surface area contributed by atoms with Crippen molar-refractivity contribution in [2.24, 2.45) is 0 Å². The van der Waals surface area contributed by atoms with E-state index in [2.05, 4.69) is 12.2 Å². The molecule has 0 bridgehead atoms. The average Bonchev–Trinajstić information content (AvgIpc) is 3.35. The maximum atomic E-state index is 13.9. The first-order valence-electron chi connectivity index (χ1n) is 12.2. The number of hydrogen-bond acceptors (Lipinski definition) is 3. The van der Waals surface area contributed by atoms with Gasteiger partial charge in [0.2, 0.25) is 5.91 Å². The number of carbonyl (C=O) groups is 2. The van der Waals surface area contributed by atoms with Gasteiger partial charge in [-0.1, -0.05) is 38.2 Å². The number of nitrogens with zero attached hydrogens (tertiary/aromatic N) is 2. The molecule has 33 heavy (non-hydrogen) atoms. The van der Waals surface area contributed by atoms with Crippen LogP contribution in [-0.4, -0.2) is 28.0 Å². The molecule has 1 aliphatic heterocycles. The van der Waals surface area contributed by atoms with Gasteiger partial charge < -0.3 is 14.3 Å². The van der Waals surface area contributed by atoms with Gasteiger partial charge in [0.1, 0.15) is 11.2 Å². The third kappa shape index (κ3) is 3.75. The molecule has 1 N–H and O–H groups in total. The highest BCUT2D eigenvalue weighted by Gasteiger charge is 2.49. The van der Waals surface area contributed by atoms with Crippen molar-refractivity contribution in [3.05, 3.63) is 53.4 Å². The van der Waals surface area contributed by atoms with Crippen LogP contribution in [0.1, 0.15) is 73.5 Å². The number of aromatic nitrogens is 1. The highest BCUT2D eigenvalue weighted by Crippen LogP contribution is 2.37. The largest absolute Gasteiger partial charge is 0.463 e. The van der Waals surface area contributed by atoms with E-state index in [9.17, 15) is 9.59 Å². The third-order valence-corrected chi connectivity index (χ3v) is 7.58. The van der Waals surface area contributed by atoms with Crippen molar-refractivity contribution in [1.29, 1.82) is 0 Å². The van der Waals surface area contributed by atoms with Gasteiger partial charge in [-0.3, -0.25) is 14.5 Å². The Hall–Kier alpha value is -3.02. The first-order valence-corrected chi connectivity index (χ1v) is 12.2. The van der Waals surface area contributed by atoms with Crippen LogP contribution in [-0.2, 0) is 11.3 Å². The summed E-state index contributed by atoms with van der Waals surface area (Å²) in [6.45, 7) is 6.36. The summed E-state index contributed by atoms with van der Waals surface area (Å²) < 4.78 is 7.52. The molecular formula is C27H33N3O3. The predicted molar refractivity (Wildman–Crippen MR) is 130 cm³/mol. The molecule has 6 nitrogen and oxygen atoms in total. The SMILES string of the molecule is Cc1ccc(N2C(=O)c3cc4occc4n3C[C@]2(C)C(=O)NC2CCCCCCC2)cc1C. The standard InChI is InChI=1S/C27H33N3O3/c1-18-11-12-21(15-19(18)2)30-25(31)23-16-24-22(13-14-33-24)29(23)17-27(30,3)26(32)28-20-9-7-5-4-6-8-10-20/h11-16,20H,4-10,17H2,1-3H3,(H,28,32)/t27-/m1/s1. The first-order chi connectivity index (χ1) is 15.9. The van der Waals surface area contributed by atoms with Crippen LogP contribution >= 0.6 is 0 Å². The lowest BCUT2D eigenvalue weighted by molar-refractivity contribution is -0.127. The topological polar surface area (TPSA) is 67.5 Å². The number of amides is 2. The minimum Gasteiger partial charge on any atom is -0.463 e. The average molecular weight is 448 g/mol. The predicted octanol–water partition coefficient (Wildman–Crippen LogP) is 5.50. The minimum absolute atomic E-state index is 0.0874. The van der Waals surface area contributed by atoms with Gasteiger partial charge >= 0.3 is 0 Å². The first kappa shape index (κ1) is 21.8. The zero-order valence-electron chi connectivity index (χ0n) is 19.8. The third-order valence-electron chi connectivity index (χ3n) is 7.58. The zero-order valence-corrected chi connectivity index (χ0v) is 19.8. The number of aryl methyl sites for hydroxylation is 2. The molecule has 5 rings (SSSR count). The van der Waals surface area contributed by atoms with Crippen molar-refractivity contribution in [1.82, 2.24) is 9.88 Å². The van der Waals surface area contributed by atoms with Gasteiger partial charge in [0, 0.05) is 23.9 Å². The summed E-state index contributed by atoms with van der Waals surface area (Å²) in [4.78, 5) is 29.5. The fourth-order valence-corrected chi connectivity index (χ4v) is 5.42. The maximum Gasteiger partial charge on any atom is 0.276 e. The second-order valence-electron chi connectivity index (χ2n) is 9.98. The summed E-state index contributed by atoms with van der Waals surface area (Å²) in [5.74, 6) is -0.262. The Labute approximate surface area is 194 Å². The van der Waals surface area contributed by atoms with E-state index in [1.165, 1.54) is 19.3 Å². The fraction of sp³-hybridized carbons (Fsp3) is 0.481. The number of hydrogen-bond donors (Lipinski definition) is 1. The number of rotatable bonds is 3. The monoisotopic (exact) mass is 447 g/mol. The Bertz CT molecular complexity index is 1200. The summed E-state index contributed by atoms with van der Waals surface area (Å²) >= 11 is 0. The highest BCUT2D eigenvalue weighted by atomic mass is 16.3. The molecule has 0 saturated heterocycles. The van der Waals surface area contributed by atoms with Gasteiger partial charge in [-0.05, 0) is 56.9 Å². The van der Waals surface area contributed by atoms with Crippen LogP contribution < -0.4 is 10.2 Å². The van der Waals surface area contributed by atoms with E-state index in [0.29, 0.717) is 17.8 Å². The summed E-state index contributed by atoms with van der Waals surface area (Å²) in [5.41, 5.74) is 4.02. The summed E-state index contributed by atoms with van der Waals surface area (Å²) in [6, 6.07) is 9.79. The highest BCUT2D eigenvalue weighted by molar-refractivity contribution is 6.13. The van der Waals surface area contributed by atoms with E-state index in [1.54, 1.807) is 17.2 Å². The van der Waals surface area contributed by atoms with Gasteiger partial charge in [0.05, 0.1) is 18.3 Å². The van der Waals surface area contributed by atoms with Crippen molar-refractivity contribution >= 4 is 28.6 Å². The molecule has 174 valence electrons. The molecule has 1 saturated carbocycles. The zero-order chi connectivity index (χ0) is 23.2. The van der Waals surface area contributed by atoms with Crippen molar-refractivity contribution in [2.75, 3.05) is 4.90 Å². The molecule has 1 atom stereocenters. The van der Waals surface area contributed by atoms with Gasteiger partial charge in [-0.2, -0.15) is 0 Å². The van der Waals surface area contributed by atoms with Gasteiger partial charge in [-0.25, -0.2) is 0 Å². The van der Waals surface area contributed by atoms with E-state index in [1.807, 2.05) is 42.7 Å². The summed E-state index contributed by atoms with van der Waals surface area (Å²) in [7, 11) is 0. The van der Waals surface area contributed by atoms with Crippen LogP contribution in [0.25, 0.3) is 11.1 Å². The molecule has 0 unspecified atom stereocenters. The molecule has 0 radical (unpaired) electrons. The normalized spacial score (nSPS) is 22.2. The molecule has 6 heteroatoms. The molecule has 3 heterocycles. The second kappa shape index (κ2) is 8.40. The molecule has 1 fully saturated rings. The lowest BCUT2D eigenvalue weighted by atomic mass is 9.91. The Kier molecular flexibility index (Phi) is 5.55. The number of furan rings is 1. The van der Waals surface area contributed by atoms with Gasteiger partial charge in [0.15, 0.2) is 5.58 Å². The van der Waals surface area contributed by atoms with E-state index in [0.717, 1.165) is 48.0 Å². The number of nitrogens with one attached hydrogen (secondary N) is 1. The summed E-state index contributed by atoms with van der Waals surface area (Å²) in [6.07, 6.45) is 9.64. The van der Waals surface area contributed by atoms with Gasteiger partial charge in [0.25, 0.3) is 5.91 Å². The number of fused-ring (bicyclic) bond motifs is 3. The van der Waals surface area contributed by atoms with Crippen molar-refractivity contribution in [2.45, 2.75) is 83.8 Å². The van der Waals surface area contributed by atoms with Crippen LogP contribution in [0.2, 0.25) is 0 Å². The molecule has 1 aromatic carbocycles. The van der Waals surface area contributed by atoms with Crippen LogP contribution in [0, 0.1) is 13.8 Å². The molecule has 0 spiro atoms. The maximum absolute atomic E-state index is 13.9. The van der Waals surface area contributed by atoms with Crippen LogP contribution in [0.5, 0.6) is 0 Å². The van der Waals surface area contributed by atoms with Crippen molar-refractivity contribution < 1.29 is 14.0 Å². The molecule has 3 aromatic rings. The van der Waals surface area contributed by atoms with E-state index >= 15 is 0 Å². The number of benzene rings is 1. The Morgan fingerprint density at radius 1 is 1.03 bits per heavy atom. The van der Waals surface area contributed by atoms with Gasteiger partial charge in [-0.15, -0.1) is 0 Å². The number of anilines is 1.